The fraction of sp³-hybridized carbons (Fsp3) is 0.348. The Balaban J connectivity index is 1.25. The summed E-state index contributed by atoms with van der Waals surface area (Å²) in [6.45, 7) is 5.29. The molecule has 0 bridgehead atoms. The van der Waals surface area contributed by atoms with Crippen LogP contribution in [0, 0.1) is 0 Å². The highest BCUT2D eigenvalue weighted by Gasteiger charge is 2.34. The van der Waals surface area contributed by atoms with Gasteiger partial charge in [0.2, 0.25) is 24.4 Å². The SMILES string of the molecule is CC(C)Oc1ccc(CN2CC(c3nc(-c4ccc5c(c4)OCO5)no3)CC2=O)cc1. The van der Waals surface area contributed by atoms with E-state index in [-0.39, 0.29) is 24.7 Å². The number of amides is 1. The first-order valence-corrected chi connectivity index (χ1v) is 10.3. The highest BCUT2D eigenvalue weighted by atomic mass is 16.7. The van der Waals surface area contributed by atoms with Crippen molar-refractivity contribution in [2.24, 2.45) is 0 Å². The van der Waals surface area contributed by atoms with E-state index < -0.39 is 0 Å². The molecule has 1 amide bonds. The van der Waals surface area contributed by atoms with Crippen molar-refractivity contribution in [2.45, 2.75) is 38.8 Å². The summed E-state index contributed by atoms with van der Waals surface area (Å²) in [6.07, 6.45) is 0.487. The van der Waals surface area contributed by atoms with Gasteiger partial charge in [-0.25, -0.2) is 0 Å². The maximum absolute atomic E-state index is 12.6. The Morgan fingerprint density at radius 3 is 2.74 bits per heavy atom. The van der Waals surface area contributed by atoms with Gasteiger partial charge in [0, 0.05) is 25.1 Å². The fourth-order valence-corrected chi connectivity index (χ4v) is 3.81. The highest BCUT2D eigenvalue weighted by Crippen LogP contribution is 2.36. The van der Waals surface area contributed by atoms with Crippen molar-refractivity contribution in [1.29, 1.82) is 0 Å². The third kappa shape index (κ3) is 4.05. The molecule has 8 heteroatoms. The molecular weight excluding hydrogens is 398 g/mol. The van der Waals surface area contributed by atoms with Gasteiger partial charge in [0.15, 0.2) is 11.5 Å². The van der Waals surface area contributed by atoms with Crippen LogP contribution in [0.25, 0.3) is 11.4 Å². The van der Waals surface area contributed by atoms with Gasteiger partial charge in [-0.2, -0.15) is 4.98 Å². The number of hydrogen-bond donors (Lipinski definition) is 0. The molecule has 2 aliphatic heterocycles. The topological polar surface area (TPSA) is 86.9 Å². The molecule has 0 saturated carbocycles. The first kappa shape index (κ1) is 19.4. The van der Waals surface area contributed by atoms with Crippen molar-refractivity contribution in [3.05, 3.63) is 53.9 Å². The number of benzene rings is 2. The maximum Gasteiger partial charge on any atom is 0.232 e. The van der Waals surface area contributed by atoms with Crippen LogP contribution in [-0.4, -0.2) is 40.4 Å². The standard InChI is InChI=1S/C23H23N3O5/c1-14(2)30-18-6-3-15(4-7-18)11-26-12-17(10-21(26)27)23-24-22(25-31-23)16-5-8-19-20(9-16)29-13-28-19/h3-9,14,17H,10-13H2,1-2H3. The number of rotatable bonds is 6. The first-order valence-electron chi connectivity index (χ1n) is 10.3. The average Bonchev–Trinajstić information content (AvgIpc) is 3.48. The maximum atomic E-state index is 12.6. The van der Waals surface area contributed by atoms with Crippen LogP contribution in [0.2, 0.25) is 0 Å². The Bertz CT molecular complexity index is 1090. The zero-order valence-corrected chi connectivity index (χ0v) is 17.4. The predicted molar refractivity (Wildman–Crippen MR) is 111 cm³/mol. The fourth-order valence-electron chi connectivity index (χ4n) is 3.81. The molecule has 1 aromatic heterocycles. The Labute approximate surface area is 179 Å². The molecule has 8 nitrogen and oxygen atoms in total. The molecule has 160 valence electrons. The Hall–Kier alpha value is -3.55. The number of aromatic nitrogens is 2. The second-order valence-electron chi connectivity index (χ2n) is 8.01. The van der Waals surface area contributed by atoms with Gasteiger partial charge < -0.3 is 23.6 Å². The number of carbonyl (C=O) groups excluding carboxylic acids is 1. The van der Waals surface area contributed by atoms with Crippen LogP contribution in [0.15, 0.2) is 47.0 Å². The molecule has 0 N–H and O–H groups in total. The van der Waals surface area contributed by atoms with E-state index >= 15 is 0 Å². The number of hydrogen-bond acceptors (Lipinski definition) is 7. The molecule has 0 radical (unpaired) electrons. The summed E-state index contributed by atoms with van der Waals surface area (Å²) in [5.41, 5.74) is 1.83. The van der Waals surface area contributed by atoms with Crippen molar-refractivity contribution < 1.29 is 23.5 Å². The molecule has 2 aromatic carbocycles. The second kappa shape index (κ2) is 7.94. The lowest BCUT2D eigenvalue weighted by atomic mass is 10.1. The lowest BCUT2D eigenvalue weighted by Gasteiger charge is -2.16. The van der Waals surface area contributed by atoms with Crippen LogP contribution in [0.3, 0.4) is 0 Å². The minimum Gasteiger partial charge on any atom is -0.491 e. The number of carbonyl (C=O) groups is 1. The Morgan fingerprint density at radius 1 is 1.13 bits per heavy atom. The van der Waals surface area contributed by atoms with Gasteiger partial charge in [-0.1, -0.05) is 17.3 Å². The number of fused-ring (bicyclic) bond motifs is 1. The molecule has 0 aliphatic carbocycles. The van der Waals surface area contributed by atoms with Gasteiger partial charge >= 0.3 is 0 Å². The summed E-state index contributed by atoms with van der Waals surface area (Å²) in [4.78, 5) is 18.9. The molecule has 1 atom stereocenters. The van der Waals surface area contributed by atoms with Crippen molar-refractivity contribution in [2.75, 3.05) is 13.3 Å². The minimum atomic E-state index is -0.119. The number of nitrogens with zero attached hydrogens (tertiary/aromatic N) is 3. The summed E-state index contributed by atoms with van der Waals surface area (Å²) < 4.78 is 21.9. The van der Waals surface area contributed by atoms with E-state index in [1.807, 2.05) is 61.2 Å². The molecule has 0 spiro atoms. The second-order valence-corrected chi connectivity index (χ2v) is 8.01. The van der Waals surface area contributed by atoms with Crippen LogP contribution in [-0.2, 0) is 11.3 Å². The lowest BCUT2D eigenvalue weighted by molar-refractivity contribution is -0.128. The van der Waals surface area contributed by atoms with Gasteiger partial charge in [-0.05, 0) is 49.7 Å². The zero-order chi connectivity index (χ0) is 21.4. The molecule has 5 rings (SSSR count). The first-order chi connectivity index (χ1) is 15.0. The van der Waals surface area contributed by atoms with Gasteiger partial charge in [0.1, 0.15) is 5.75 Å². The normalized spacial score (nSPS) is 17.6. The summed E-state index contributed by atoms with van der Waals surface area (Å²) in [6, 6.07) is 13.4. The van der Waals surface area contributed by atoms with Gasteiger partial charge in [0.25, 0.3) is 0 Å². The van der Waals surface area contributed by atoms with Crippen molar-refractivity contribution in [3.8, 4) is 28.6 Å². The molecule has 1 fully saturated rings. The summed E-state index contributed by atoms with van der Waals surface area (Å²) in [5, 5.41) is 4.10. The smallest absolute Gasteiger partial charge is 0.232 e. The molecule has 31 heavy (non-hydrogen) atoms. The zero-order valence-electron chi connectivity index (χ0n) is 17.4. The van der Waals surface area contributed by atoms with E-state index in [0.717, 1.165) is 16.9 Å². The van der Waals surface area contributed by atoms with Crippen molar-refractivity contribution in [3.63, 3.8) is 0 Å². The number of ether oxygens (including phenoxy) is 3. The van der Waals surface area contributed by atoms with Gasteiger partial charge in [-0.15, -0.1) is 0 Å². The van der Waals surface area contributed by atoms with Crippen LogP contribution >= 0.6 is 0 Å². The van der Waals surface area contributed by atoms with Gasteiger partial charge in [0.05, 0.1) is 12.0 Å². The monoisotopic (exact) mass is 421 g/mol. The Morgan fingerprint density at radius 2 is 1.94 bits per heavy atom. The lowest BCUT2D eigenvalue weighted by Crippen LogP contribution is -2.24. The summed E-state index contributed by atoms with van der Waals surface area (Å²) >= 11 is 0. The van der Waals surface area contributed by atoms with Crippen LogP contribution in [0.1, 0.15) is 37.6 Å². The quantitative estimate of drug-likeness (QED) is 0.599. The molecule has 3 heterocycles. The van der Waals surface area contributed by atoms with E-state index in [1.165, 1.54) is 0 Å². The van der Waals surface area contributed by atoms with Crippen LogP contribution < -0.4 is 14.2 Å². The minimum absolute atomic E-state index is 0.0790. The third-order valence-corrected chi connectivity index (χ3v) is 5.30. The molecule has 1 unspecified atom stereocenters. The number of likely N-dealkylation sites (tertiary alicyclic amines) is 1. The Kier molecular flexibility index (Phi) is 4.97. The van der Waals surface area contributed by atoms with E-state index in [2.05, 4.69) is 10.1 Å². The predicted octanol–water partition coefficient (Wildman–Crippen LogP) is 3.77. The summed E-state index contributed by atoms with van der Waals surface area (Å²) in [7, 11) is 0. The average molecular weight is 421 g/mol. The largest absolute Gasteiger partial charge is 0.491 e. The molecular formula is C23H23N3O5. The van der Waals surface area contributed by atoms with Gasteiger partial charge in [-0.3, -0.25) is 4.79 Å². The molecule has 2 aliphatic rings. The third-order valence-electron chi connectivity index (χ3n) is 5.30. The van der Waals surface area contributed by atoms with E-state index in [1.54, 1.807) is 0 Å². The van der Waals surface area contributed by atoms with Crippen molar-refractivity contribution in [1.82, 2.24) is 15.0 Å². The van der Waals surface area contributed by atoms with Crippen LogP contribution in [0.4, 0.5) is 0 Å². The van der Waals surface area contributed by atoms with Crippen LogP contribution in [0.5, 0.6) is 17.2 Å². The molecule has 1 saturated heterocycles. The van der Waals surface area contributed by atoms with E-state index in [4.69, 9.17) is 18.7 Å². The highest BCUT2D eigenvalue weighted by molar-refractivity contribution is 5.79. The summed E-state index contributed by atoms with van der Waals surface area (Å²) in [5.74, 6) is 3.10. The van der Waals surface area contributed by atoms with E-state index in [9.17, 15) is 4.79 Å². The van der Waals surface area contributed by atoms with Crippen molar-refractivity contribution >= 4 is 5.91 Å². The van der Waals surface area contributed by atoms with E-state index in [0.29, 0.717) is 42.7 Å². The molecule has 3 aromatic rings.